The Morgan fingerprint density at radius 3 is 2.50 bits per heavy atom. The lowest BCUT2D eigenvalue weighted by Gasteiger charge is -2.14. The maximum absolute atomic E-state index is 11.3. The largest absolute Gasteiger partial charge is 0.383 e. The standard InChI is InChI=1S/C11H23N3O2.2ClH/c1-16-9-5-12-10-11(15)13-4-8-14-6-2-3-7-14;;/h12H,2-10H2,1H3,(H,13,15);2*1H. The first-order chi connectivity index (χ1) is 7.83. The van der Waals surface area contributed by atoms with E-state index in [2.05, 4.69) is 15.5 Å². The van der Waals surface area contributed by atoms with Gasteiger partial charge in [0.05, 0.1) is 13.2 Å². The van der Waals surface area contributed by atoms with E-state index in [1.54, 1.807) is 7.11 Å². The van der Waals surface area contributed by atoms with Crippen molar-refractivity contribution in [3.05, 3.63) is 0 Å². The minimum Gasteiger partial charge on any atom is -0.383 e. The second-order valence-corrected chi connectivity index (χ2v) is 4.07. The number of halogens is 2. The Bertz CT molecular complexity index is 203. The third-order valence-corrected chi connectivity index (χ3v) is 2.72. The Balaban J connectivity index is 0. The van der Waals surface area contributed by atoms with Crippen molar-refractivity contribution in [3.8, 4) is 0 Å². The second kappa shape index (κ2) is 13.4. The van der Waals surface area contributed by atoms with E-state index < -0.39 is 0 Å². The predicted molar refractivity (Wildman–Crippen MR) is 77.9 cm³/mol. The minimum atomic E-state index is 0. The molecular formula is C11H25Cl2N3O2. The van der Waals surface area contributed by atoms with Crippen LogP contribution in [0.5, 0.6) is 0 Å². The summed E-state index contributed by atoms with van der Waals surface area (Å²) in [5.74, 6) is 0.0651. The summed E-state index contributed by atoms with van der Waals surface area (Å²) in [4.78, 5) is 13.7. The Morgan fingerprint density at radius 1 is 1.22 bits per heavy atom. The smallest absolute Gasteiger partial charge is 0.234 e. The lowest BCUT2D eigenvalue weighted by atomic mass is 10.4. The number of carbonyl (C=O) groups excluding carboxylic acids is 1. The maximum atomic E-state index is 11.3. The first kappa shape index (κ1) is 20.3. The fraction of sp³-hybridized carbons (Fsp3) is 0.909. The van der Waals surface area contributed by atoms with Gasteiger partial charge in [-0.1, -0.05) is 0 Å². The van der Waals surface area contributed by atoms with Gasteiger partial charge < -0.3 is 20.3 Å². The van der Waals surface area contributed by atoms with Gasteiger partial charge in [-0.15, -0.1) is 24.8 Å². The van der Waals surface area contributed by atoms with Crippen LogP contribution in [0.2, 0.25) is 0 Å². The van der Waals surface area contributed by atoms with Crippen LogP contribution in [0.1, 0.15) is 12.8 Å². The molecule has 0 radical (unpaired) electrons. The van der Waals surface area contributed by atoms with Gasteiger partial charge in [0.1, 0.15) is 0 Å². The van der Waals surface area contributed by atoms with Crippen molar-refractivity contribution in [1.29, 1.82) is 0 Å². The van der Waals surface area contributed by atoms with E-state index in [1.807, 2.05) is 0 Å². The molecule has 1 rings (SSSR count). The monoisotopic (exact) mass is 301 g/mol. The van der Waals surface area contributed by atoms with Gasteiger partial charge in [0.25, 0.3) is 0 Å². The van der Waals surface area contributed by atoms with Crippen LogP contribution in [0.15, 0.2) is 0 Å². The number of methoxy groups -OCH3 is 1. The zero-order chi connectivity index (χ0) is 11.6. The molecule has 0 aliphatic carbocycles. The third kappa shape index (κ3) is 9.91. The summed E-state index contributed by atoms with van der Waals surface area (Å²) in [5.41, 5.74) is 0. The molecular weight excluding hydrogens is 277 g/mol. The second-order valence-electron chi connectivity index (χ2n) is 4.07. The van der Waals surface area contributed by atoms with Gasteiger partial charge in [-0.25, -0.2) is 0 Å². The average Bonchev–Trinajstić information content (AvgIpc) is 2.77. The fourth-order valence-electron chi connectivity index (χ4n) is 1.80. The zero-order valence-corrected chi connectivity index (χ0v) is 12.6. The molecule has 18 heavy (non-hydrogen) atoms. The van der Waals surface area contributed by atoms with Gasteiger partial charge in [-0.3, -0.25) is 4.79 Å². The Labute approximate surface area is 122 Å². The highest BCUT2D eigenvalue weighted by Crippen LogP contribution is 2.05. The lowest BCUT2D eigenvalue weighted by molar-refractivity contribution is -0.120. The number of likely N-dealkylation sites (tertiary alicyclic amines) is 1. The number of amides is 1. The predicted octanol–water partition coefficient (Wildman–Crippen LogP) is 0.278. The molecule has 5 nitrogen and oxygen atoms in total. The molecule has 1 aliphatic rings. The molecule has 1 amide bonds. The van der Waals surface area contributed by atoms with Gasteiger partial charge in [-0.05, 0) is 25.9 Å². The van der Waals surface area contributed by atoms with Crippen LogP contribution in [-0.4, -0.2) is 63.8 Å². The van der Waals surface area contributed by atoms with Crippen LogP contribution in [0, 0.1) is 0 Å². The van der Waals surface area contributed by atoms with E-state index in [1.165, 1.54) is 25.9 Å². The summed E-state index contributed by atoms with van der Waals surface area (Å²) >= 11 is 0. The number of hydrogen-bond acceptors (Lipinski definition) is 4. The van der Waals surface area contributed by atoms with Gasteiger partial charge in [0.15, 0.2) is 0 Å². The highest BCUT2D eigenvalue weighted by molar-refractivity contribution is 5.85. The molecule has 1 heterocycles. The van der Waals surface area contributed by atoms with Gasteiger partial charge in [0, 0.05) is 26.7 Å². The van der Waals surface area contributed by atoms with Crippen molar-refractivity contribution in [2.75, 3.05) is 53.0 Å². The van der Waals surface area contributed by atoms with Gasteiger partial charge in [0.2, 0.25) is 5.91 Å². The fourth-order valence-corrected chi connectivity index (χ4v) is 1.80. The molecule has 0 spiro atoms. The first-order valence-corrected chi connectivity index (χ1v) is 6.01. The Hall–Kier alpha value is -0.0700. The lowest BCUT2D eigenvalue weighted by Crippen LogP contribution is -2.39. The van der Waals surface area contributed by atoms with Crippen LogP contribution in [0.4, 0.5) is 0 Å². The average molecular weight is 302 g/mol. The molecule has 0 unspecified atom stereocenters. The molecule has 0 aromatic rings. The van der Waals surface area contributed by atoms with E-state index in [0.29, 0.717) is 13.2 Å². The van der Waals surface area contributed by atoms with Crippen molar-refractivity contribution in [3.63, 3.8) is 0 Å². The molecule has 0 saturated carbocycles. The molecule has 110 valence electrons. The molecule has 2 N–H and O–H groups in total. The van der Waals surface area contributed by atoms with Crippen molar-refractivity contribution in [2.45, 2.75) is 12.8 Å². The highest BCUT2D eigenvalue weighted by atomic mass is 35.5. The number of ether oxygens (including phenoxy) is 1. The quantitative estimate of drug-likeness (QED) is 0.632. The SMILES string of the molecule is COCCNCC(=O)NCCN1CCCC1.Cl.Cl. The third-order valence-electron chi connectivity index (χ3n) is 2.72. The van der Waals surface area contributed by atoms with E-state index >= 15 is 0 Å². The number of nitrogens with zero attached hydrogens (tertiary/aromatic N) is 1. The summed E-state index contributed by atoms with van der Waals surface area (Å²) < 4.78 is 4.87. The van der Waals surface area contributed by atoms with Gasteiger partial charge >= 0.3 is 0 Å². The Morgan fingerprint density at radius 2 is 1.89 bits per heavy atom. The van der Waals surface area contributed by atoms with E-state index in [0.717, 1.165) is 19.6 Å². The topological polar surface area (TPSA) is 53.6 Å². The number of hydrogen-bond donors (Lipinski definition) is 2. The zero-order valence-electron chi connectivity index (χ0n) is 10.9. The molecule has 1 fully saturated rings. The van der Waals surface area contributed by atoms with Crippen LogP contribution < -0.4 is 10.6 Å². The minimum absolute atomic E-state index is 0. The summed E-state index contributed by atoms with van der Waals surface area (Å²) in [5, 5.41) is 5.92. The highest BCUT2D eigenvalue weighted by Gasteiger charge is 2.10. The molecule has 0 aromatic heterocycles. The van der Waals surface area contributed by atoms with Crippen molar-refractivity contribution >= 4 is 30.7 Å². The maximum Gasteiger partial charge on any atom is 0.234 e. The van der Waals surface area contributed by atoms with E-state index in [4.69, 9.17) is 4.74 Å². The number of nitrogens with one attached hydrogen (secondary N) is 2. The summed E-state index contributed by atoms with van der Waals surface area (Å²) in [7, 11) is 1.65. The van der Waals surface area contributed by atoms with E-state index in [-0.39, 0.29) is 30.7 Å². The number of carbonyl (C=O) groups is 1. The van der Waals surface area contributed by atoms with Crippen LogP contribution in [-0.2, 0) is 9.53 Å². The van der Waals surface area contributed by atoms with Crippen LogP contribution in [0.25, 0.3) is 0 Å². The normalized spacial score (nSPS) is 14.7. The first-order valence-electron chi connectivity index (χ1n) is 6.01. The molecule has 0 atom stereocenters. The van der Waals surface area contributed by atoms with Gasteiger partial charge in [-0.2, -0.15) is 0 Å². The molecule has 7 heteroatoms. The van der Waals surface area contributed by atoms with Crippen LogP contribution in [0.3, 0.4) is 0 Å². The van der Waals surface area contributed by atoms with E-state index in [9.17, 15) is 4.79 Å². The van der Waals surface area contributed by atoms with Crippen LogP contribution >= 0.6 is 24.8 Å². The van der Waals surface area contributed by atoms with Crippen molar-refractivity contribution in [2.24, 2.45) is 0 Å². The van der Waals surface area contributed by atoms with Crippen molar-refractivity contribution < 1.29 is 9.53 Å². The van der Waals surface area contributed by atoms with Crippen molar-refractivity contribution in [1.82, 2.24) is 15.5 Å². The molecule has 1 saturated heterocycles. The molecule has 1 aliphatic heterocycles. The summed E-state index contributed by atoms with van der Waals surface area (Å²) in [6, 6.07) is 0. The summed E-state index contributed by atoms with van der Waals surface area (Å²) in [6.45, 7) is 5.83. The summed E-state index contributed by atoms with van der Waals surface area (Å²) in [6.07, 6.45) is 2.60. The molecule has 0 bridgehead atoms. The molecule has 0 aromatic carbocycles. The Kier molecular flexibility index (Phi) is 15.0. The number of rotatable bonds is 8.